The van der Waals surface area contributed by atoms with Gasteiger partial charge in [-0.15, -0.1) is 0 Å². The van der Waals surface area contributed by atoms with Crippen LogP contribution in [0.4, 0.5) is 0 Å². The number of aromatic nitrogens is 1. The van der Waals surface area contributed by atoms with E-state index < -0.39 is 5.60 Å². The zero-order valence-corrected chi connectivity index (χ0v) is 11.9. The molecule has 0 bridgehead atoms. The predicted molar refractivity (Wildman–Crippen MR) is 79.8 cm³/mol. The van der Waals surface area contributed by atoms with E-state index in [1.807, 2.05) is 36.4 Å². The van der Waals surface area contributed by atoms with Crippen LogP contribution in [0.25, 0.3) is 0 Å². The maximum Gasteiger partial charge on any atom is 0.255 e. The number of carbonyl (C=O) groups is 1. The molecule has 1 aromatic carbocycles. The van der Waals surface area contributed by atoms with Gasteiger partial charge in [0.15, 0.2) is 0 Å². The summed E-state index contributed by atoms with van der Waals surface area (Å²) in [5.74, 6) is -0.177. The molecule has 3 rings (SSSR count). The van der Waals surface area contributed by atoms with Crippen LogP contribution in [-0.2, 0) is 5.60 Å². The van der Waals surface area contributed by atoms with Crippen LogP contribution in [0, 0.1) is 11.3 Å². The summed E-state index contributed by atoms with van der Waals surface area (Å²) in [6.07, 6.45) is 1.91. The second kappa shape index (κ2) is 5.58. The van der Waals surface area contributed by atoms with Gasteiger partial charge >= 0.3 is 0 Å². The SMILES string of the molecule is N#Cc1ccc(C(=O)N2CC[C@@](O)(c3ccccc3)C2)cn1. The molecule has 0 radical (unpaired) electrons. The van der Waals surface area contributed by atoms with Crippen LogP contribution in [0.3, 0.4) is 0 Å². The lowest BCUT2D eigenvalue weighted by Crippen LogP contribution is -2.34. The number of aliphatic hydroxyl groups is 1. The Labute approximate surface area is 128 Å². The quantitative estimate of drug-likeness (QED) is 0.914. The Kier molecular flexibility index (Phi) is 3.61. The molecule has 0 spiro atoms. The Bertz CT molecular complexity index is 722. The minimum atomic E-state index is -1.00. The van der Waals surface area contributed by atoms with Crippen molar-refractivity contribution in [3.8, 4) is 6.07 Å². The van der Waals surface area contributed by atoms with Crippen molar-refractivity contribution < 1.29 is 9.90 Å². The van der Waals surface area contributed by atoms with Gasteiger partial charge in [0, 0.05) is 12.7 Å². The summed E-state index contributed by atoms with van der Waals surface area (Å²) in [6.45, 7) is 0.750. The first-order chi connectivity index (χ1) is 10.6. The first-order valence-corrected chi connectivity index (χ1v) is 7.06. The van der Waals surface area contributed by atoms with Gasteiger partial charge in [-0.25, -0.2) is 4.98 Å². The number of nitriles is 1. The topological polar surface area (TPSA) is 77.2 Å². The third-order valence-corrected chi connectivity index (χ3v) is 3.97. The summed E-state index contributed by atoms with van der Waals surface area (Å²) in [5.41, 5.74) is 0.523. The van der Waals surface area contributed by atoms with Crippen LogP contribution >= 0.6 is 0 Å². The third-order valence-electron chi connectivity index (χ3n) is 3.97. The molecule has 1 atom stereocenters. The summed E-state index contributed by atoms with van der Waals surface area (Å²) >= 11 is 0. The van der Waals surface area contributed by atoms with Crippen molar-refractivity contribution in [1.82, 2.24) is 9.88 Å². The molecule has 1 saturated heterocycles. The number of amides is 1. The van der Waals surface area contributed by atoms with Gasteiger partial charge in [-0.2, -0.15) is 5.26 Å². The van der Waals surface area contributed by atoms with Gasteiger partial charge in [0.2, 0.25) is 0 Å². The fraction of sp³-hybridized carbons (Fsp3) is 0.235. The second-order valence-electron chi connectivity index (χ2n) is 5.42. The molecule has 1 amide bonds. The van der Waals surface area contributed by atoms with E-state index in [1.54, 1.807) is 11.0 Å². The minimum absolute atomic E-state index is 0.177. The van der Waals surface area contributed by atoms with Gasteiger partial charge < -0.3 is 10.0 Å². The van der Waals surface area contributed by atoms with Crippen LogP contribution in [0.15, 0.2) is 48.7 Å². The Morgan fingerprint density at radius 1 is 1.27 bits per heavy atom. The van der Waals surface area contributed by atoms with Crippen LogP contribution < -0.4 is 0 Å². The lowest BCUT2D eigenvalue weighted by atomic mass is 9.93. The van der Waals surface area contributed by atoms with Crippen LogP contribution in [0.2, 0.25) is 0 Å². The smallest absolute Gasteiger partial charge is 0.255 e. The summed E-state index contributed by atoms with van der Waals surface area (Å²) in [6, 6.07) is 14.4. The second-order valence-corrected chi connectivity index (χ2v) is 5.42. The summed E-state index contributed by atoms with van der Waals surface area (Å²) in [4.78, 5) is 18.0. The van der Waals surface area contributed by atoms with Gasteiger partial charge in [0.25, 0.3) is 5.91 Å². The Morgan fingerprint density at radius 2 is 2.05 bits per heavy atom. The fourth-order valence-corrected chi connectivity index (χ4v) is 2.72. The molecule has 0 aliphatic carbocycles. The van der Waals surface area contributed by atoms with Gasteiger partial charge in [-0.1, -0.05) is 30.3 Å². The van der Waals surface area contributed by atoms with Crippen molar-refractivity contribution >= 4 is 5.91 Å². The Hall–Kier alpha value is -2.71. The summed E-state index contributed by atoms with van der Waals surface area (Å²) in [5, 5.41) is 19.5. The molecule has 0 saturated carbocycles. The highest BCUT2D eigenvalue weighted by Gasteiger charge is 2.39. The number of likely N-dealkylation sites (tertiary alicyclic amines) is 1. The number of pyridine rings is 1. The fourth-order valence-electron chi connectivity index (χ4n) is 2.72. The van der Waals surface area contributed by atoms with E-state index in [-0.39, 0.29) is 18.1 Å². The van der Waals surface area contributed by atoms with E-state index in [1.165, 1.54) is 12.3 Å². The molecule has 1 aliphatic rings. The normalized spacial score (nSPS) is 20.6. The number of benzene rings is 1. The van der Waals surface area contributed by atoms with Crippen LogP contribution in [0.1, 0.15) is 28.0 Å². The number of rotatable bonds is 2. The molecular formula is C17H15N3O2. The zero-order valence-electron chi connectivity index (χ0n) is 11.9. The number of nitrogens with zero attached hydrogens (tertiary/aromatic N) is 3. The summed E-state index contributed by atoms with van der Waals surface area (Å²) in [7, 11) is 0. The molecule has 1 aromatic heterocycles. The molecule has 2 heterocycles. The van der Waals surface area contributed by atoms with Crippen molar-refractivity contribution in [3.05, 3.63) is 65.5 Å². The molecular weight excluding hydrogens is 278 g/mol. The first kappa shape index (κ1) is 14.2. The maximum absolute atomic E-state index is 12.5. The molecule has 1 N–H and O–H groups in total. The maximum atomic E-state index is 12.5. The highest BCUT2D eigenvalue weighted by Crippen LogP contribution is 2.32. The molecule has 5 nitrogen and oxygen atoms in total. The van der Waals surface area contributed by atoms with Gasteiger partial charge in [0.05, 0.1) is 12.1 Å². The van der Waals surface area contributed by atoms with Gasteiger partial charge in [0.1, 0.15) is 17.4 Å². The molecule has 1 fully saturated rings. The van der Waals surface area contributed by atoms with E-state index in [0.717, 1.165) is 5.56 Å². The molecule has 22 heavy (non-hydrogen) atoms. The first-order valence-electron chi connectivity index (χ1n) is 7.06. The monoisotopic (exact) mass is 293 g/mol. The van der Waals surface area contributed by atoms with E-state index in [0.29, 0.717) is 18.5 Å². The number of β-amino-alcohol motifs (C(OH)–C–C–N with tert-alkyl or cyclic N) is 1. The lowest BCUT2D eigenvalue weighted by molar-refractivity contribution is 0.0417. The van der Waals surface area contributed by atoms with Crippen molar-refractivity contribution in [2.24, 2.45) is 0 Å². The van der Waals surface area contributed by atoms with Crippen molar-refractivity contribution in [2.45, 2.75) is 12.0 Å². The number of hydrogen-bond donors (Lipinski definition) is 1. The van der Waals surface area contributed by atoms with E-state index in [2.05, 4.69) is 4.98 Å². The highest BCUT2D eigenvalue weighted by molar-refractivity contribution is 5.94. The van der Waals surface area contributed by atoms with Crippen LogP contribution in [0.5, 0.6) is 0 Å². The molecule has 2 aromatic rings. The third kappa shape index (κ3) is 2.57. The average Bonchev–Trinajstić information content (AvgIpc) is 2.99. The minimum Gasteiger partial charge on any atom is -0.383 e. The van der Waals surface area contributed by atoms with E-state index in [4.69, 9.17) is 5.26 Å². The van der Waals surface area contributed by atoms with E-state index in [9.17, 15) is 9.90 Å². The molecule has 5 heteroatoms. The average molecular weight is 293 g/mol. The van der Waals surface area contributed by atoms with Crippen LogP contribution in [-0.4, -0.2) is 34.0 Å². The van der Waals surface area contributed by atoms with Gasteiger partial charge in [-0.05, 0) is 24.1 Å². The Balaban J connectivity index is 1.77. The molecule has 110 valence electrons. The number of carbonyl (C=O) groups excluding carboxylic acids is 1. The largest absolute Gasteiger partial charge is 0.383 e. The number of hydrogen-bond acceptors (Lipinski definition) is 4. The summed E-state index contributed by atoms with van der Waals surface area (Å²) < 4.78 is 0. The zero-order chi connectivity index (χ0) is 15.6. The predicted octanol–water partition coefficient (Wildman–Crippen LogP) is 1.69. The lowest BCUT2D eigenvalue weighted by Gasteiger charge is -2.24. The Morgan fingerprint density at radius 3 is 2.68 bits per heavy atom. The standard InChI is InChI=1S/C17H15N3O2/c18-10-15-7-6-13(11-19-15)16(21)20-9-8-17(22,12-20)14-4-2-1-3-5-14/h1-7,11,22H,8-9,12H2/t17-/m0/s1. The molecule has 1 aliphatic heterocycles. The van der Waals surface area contributed by atoms with Crippen molar-refractivity contribution in [2.75, 3.05) is 13.1 Å². The molecule has 0 unspecified atom stereocenters. The van der Waals surface area contributed by atoms with Crippen molar-refractivity contribution in [1.29, 1.82) is 5.26 Å². The highest BCUT2D eigenvalue weighted by atomic mass is 16.3. The van der Waals surface area contributed by atoms with Gasteiger partial charge in [-0.3, -0.25) is 4.79 Å². The van der Waals surface area contributed by atoms with Crippen molar-refractivity contribution in [3.63, 3.8) is 0 Å². The van der Waals surface area contributed by atoms with E-state index >= 15 is 0 Å².